The Morgan fingerprint density at radius 1 is 1.53 bits per heavy atom. The van der Waals surface area contributed by atoms with Gasteiger partial charge in [-0.15, -0.1) is 11.3 Å². The second kappa shape index (κ2) is 4.85. The van der Waals surface area contributed by atoms with Crippen molar-refractivity contribution in [3.8, 4) is 0 Å². The Hall–Kier alpha value is -1.40. The van der Waals surface area contributed by atoms with Crippen LogP contribution in [0.1, 0.15) is 14.5 Å². The van der Waals surface area contributed by atoms with Crippen LogP contribution in [-0.4, -0.2) is 47.7 Å². The SMILES string of the molecule is Cc1ccc(C(=O)N2CCOCC2C(=O)O)s1. The molecule has 0 bridgehead atoms. The molecule has 1 aromatic rings. The highest BCUT2D eigenvalue weighted by Gasteiger charge is 2.33. The number of amides is 1. The molecular weight excluding hydrogens is 242 g/mol. The van der Waals surface area contributed by atoms with Gasteiger partial charge in [0.05, 0.1) is 18.1 Å². The first-order chi connectivity index (χ1) is 8.09. The van der Waals surface area contributed by atoms with Crippen molar-refractivity contribution in [3.63, 3.8) is 0 Å². The predicted molar refractivity (Wildman–Crippen MR) is 62.3 cm³/mol. The number of carbonyl (C=O) groups excluding carboxylic acids is 1. The average Bonchev–Trinajstić information content (AvgIpc) is 2.75. The Morgan fingerprint density at radius 3 is 2.88 bits per heavy atom. The van der Waals surface area contributed by atoms with Gasteiger partial charge >= 0.3 is 5.97 Å². The van der Waals surface area contributed by atoms with Crippen LogP contribution in [0.5, 0.6) is 0 Å². The van der Waals surface area contributed by atoms with Crippen LogP contribution in [0.3, 0.4) is 0 Å². The van der Waals surface area contributed by atoms with Gasteiger partial charge in [-0.2, -0.15) is 0 Å². The van der Waals surface area contributed by atoms with Crippen molar-refractivity contribution in [1.82, 2.24) is 4.90 Å². The Balaban J connectivity index is 2.19. The third kappa shape index (κ3) is 2.48. The lowest BCUT2D eigenvalue weighted by molar-refractivity contribution is -0.147. The Bertz CT molecular complexity index is 442. The Morgan fingerprint density at radius 2 is 2.29 bits per heavy atom. The number of hydrogen-bond donors (Lipinski definition) is 1. The fourth-order valence-corrected chi connectivity index (χ4v) is 2.57. The summed E-state index contributed by atoms with van der Waals surface area (Å²) in [5.74, 6) is -1.25. The largest absolute Gasteiger partial charge is 0.480 e. The molecule has 1 aromatic heterocycles. The van der Waals surface area contributed by atoms with E-state index in [0.717, 1.165) is 4.88 Å². The molecule has 1 fully saturated rings. The molecule has 1 aliphatic heterocycles. The molecule has 2 heterocycles. The van der Waals surface area contributed by atoms with E-state index in [1.165, 1.54) is 16.2 Å². The lowest BCUT2D eigenvalue weighted by atomic mass is 10.2. The standard InChI is InChI=1S/C11H13NO4S/c1-7-2-3-9(17-7)10(13)12-4-5-16-6-8(12)11(14)15/h2-3,8H,4-6H2,1H3,(H,14,15). The molecule has 5 nitrogen and oxygen atoms in total. The van der Waals surface area contributed by atoms with Crippen molar-refractivity contribution in [2.45, 2.75) is 13.0 Å². The van der Waals surface area contributed by atoms with Gasteiger partial charge in [-0.3, -0.25) is 4.79 Å². The van der Waals surface area contributed by atoms with Crippen LogP contribution >= 0.6 is 11.3 Å². The number of carboxylic acid groups (broad SMARTS) is 1. The Labute approximate surface area is 103 Å². The molecule has 0 saturated carbocycles. The zero-order chi connectivity index (χ0) is 12.4. The van der Waals surface area contributed by atoms with Gasteiger partial charge in [-0.25, -0.2) is 4.79 Å². The summed E-state index contributed by atoms with van der Waals surface area (Å²) in [4.78, 5) is 26.2. The van der Waals surface area contributed by atoms with Crippen LogP contribution in [-0.2, 0) is 9.53 Å². The minimum Gasteiger partial charge on any atom is -0.480 e. The van der Waals surface area contributed by atoms with E-state index in [-0.39, 0.29) is 12.5 Å². The number of morpholine rings is 1. The minimum atomic E-state index is -1.02. The maximum Gasteiger partial charge on any atom is 0.328 e. The summed E-state index contributed by atoms with van der Waals surface area (Å²) >= 11 is 1.38. The van der Waals surface area contributed by atoms with Gasteiger partial charge in [0.1, 0.15) is 0 Å². The summed E-state index contributed by atoms with van der Waals surface area (Å²) in [6, 6.07) is 2.71. The number of ether oxygens (including phenoxy) is 1. The molecule has 1 N–H and O–H groups in total. The topological polar surface area (TPSA) is 66.8 Å². The van der Waals surface area contributed by atoms with Crippen molar-refractivity contribution >= 4 is 23.2 Å². The molecule has 0 radical (unpaired) electrons. The first kappa shape index (κ1) is 12.1. The number of rotatable bonds is 2. The molecule has 6 heteroatoms. The van der Waals surface area contributed by atoms with Crippen molar-refractivity contribution < 1.29 is 19.4 Å². The highest BCUT2D eigenvalue weighted by Crippen LogP contribution is 2.19. The molecule has 1 saturated heterocycles. The van der Waals surface area contributed by atoms with Gasteiger partial charge in [-0.1, -0.05) is 0 Å². The zero-order valence-electron chi connectivity index (χ0n) is 9.38. The number of aryl methyl sites for hydroxylation is 1. The fraction of sp³-hybridized carbons (Fsp3) is 0.455. The number of carboxylic acids is 1. The number of nitrogens with zero attached hydrogens (tertiary/aromatic N) is 1. The lowest BCUT2D eigenvalue weighted by Gasteiger charge is -2.32. The zero-order valence-corrected chi connectivity index (χ0v) is 10.2. The molecule has 0 aliphatic carbocycles. The summed E-state index contributed by atoms with van der Waals surface area (Å²) in [5.41, 5.74) is 0. The Kier molecular flexibility index (Phi) is 3.44. The summed E-state index contributed by atoms with van der Waals surface area (Å²) < 4.78 is 5.09. The van der Waals surface area contributed by atoms with E-state index in [2.05, 4.69) is 0 Å². The molecule has 2 rings (SSSR count). The van der Waals surface area contributed by atoms with Crippen LogP contribution in [0.2, 0.25) is 0 Å². The molecule has 0 spiro atoms. The third-order valence-corrected chi connectivity index (χ3v) is 3.61. The summed E-state index contributed by atoms with van der Waals surface area (Å²) in [6.07, 6.45) is 0. The summed E-state index contributed by atoms with van der Waals surface area (Å²) in [7, 11) is 0. The monoisotopic (exact) mass is 255 g/mol. The fourth-order valence-electron chi connectivity index (χ4n) is 1.74. The number of thiophene rings is 1. The highest BCUT2D eigenvalue weighted by molar-refractivity contribution is 7.13. The van der Waals surface area contributed by atoms with E-state index in [1.807, 2.05) is 13.0 Å². The van der Waals surface area contributed by atoms with E-state index in [9.17, 15) is 9.59 Å². The van der Waals surface area contributed by atoms with Gasteiger partial charge in [0.2, 0.25) is 0 Å². The van der Waals surface area contributed by atoms with Crippen molar-refractivity contribution in [3.05, 3.63) is 21.9 Å². The van der Waals surface area contributed by atoms with Gasteiger partial charge in [0.25, 0.3) is 5.91 Å². The van der Waals surface area contributed by atoms with Crippen LogP contribution < -0.4 is 0 Å². The summed E-state index contributed by atoms with van der Waals surface area (Å²) in [6.45, 7) is 2.69. The van der Waals surface area contributed by atoms with Crippen molar-refractivity contribution in [2.75, 3.05) is 19.8 Å². The van der Waals surface area contributed by atoms with Gasteiger partial charge in [-0.05, 0) is 19.1 Å². The second-order valence-electron chi connectivity index (χ2n) is 3.84. The molecule has 17 heavy (non-hydrogen) atoms. The predicted octanol–water partition coefficient (Wildman–Crippen LogP) is 0.982. The molecule has 1 unspecified atom stereocenters. The van der Waals surface area contributed by atoms with E-state index >= 15 is 0 Å². The number of carbonyl (C=O) groups is 2. The molecule has 1 atom stereocenters. The minimum absolute atomic E-state index is 0.0609. The number of hydrogen-bond acceptors (Lipinski definition) is 4. The van der Waals surface area contributed by atoms with Crippen molar-refractivity contribution in [2.24, 2.45) is 0 Å². The molecule has 1 aliphatic rings. The quantitative estimate of drug-likeness (QED) is 0.855. The van der Waals surface area contributed by atoms with Gasteiger partial charge < -0.3 is 14.7 Å². The number of aliphatic carboxylic acids is 1. The van der Waals surface area contributed by atoms with E-state index in [0.29, 0.717) is 18.0 Å². The average molecular weight is 255 g/mol. The van der Waals surface area contributed by atoms with Crippen LogP contribution in [0.4, 0.5) is 0 Å². The van der Waals surface area contributed by atoms with E-state index in [1.54, 1.807) is 6.07 Å². The second-order valence-corrected chi connectivity index (χ2v) is 5.13. The normalized spacial score (nSPS) is 20.3. The first-order valence-corrected chi connectivity index (χ1v) is 6.09. The summed E-state index contributed by atoms with van der Waals surface area (Å²) in [5, 5.41) is 9.04. The van der Waals surface area contributed by atoms with Crippen LogP contribution in [0.25, 0.3) is 0 Å². The molecule has 1 amide bonds. The first-order valence-electron chi connectivity index (χ1n) is 5.27. The maximum atomic E-state index is 12.1. The van der Waals surface area contributed by atoms with E-state index < -0.39 is 12.0 Å². The molecular formula is C11H13NO4S. The molecule has 92 valence electrons. The third-order valence-electron chi connectivity index (χ3n) is 2.63. The lowest BCUT2D eigenvalue weighted by Crippen LogP contribution is -2.52. The van der Waals surface area contributed by atoms with E-state index in [4.69, 9.17) is 9.84 Å². The van der Waals surface area contributed by atoms with Crippen molar-refractivity contribution in [1.29, 1.82) is 0 Å². The highest BCUT2D eigenvalue weighted by atomic mass is 32.1. The maximum absolute atomic E-state index is 12.1. The van der Waals surface area contributed by atoms with Crippen LogP contribution in [0.15, 0.2) is 12.1 Å². The smallest absolute Gasteiger partial charge is 0.328 e. The molecule has 0 aromatic carbocycles. The van der Waals surface area contributed by atoms with Crippen LogP contribution in [0, 0.1) is 6.92 Å². The van der Waals surface area contributed by atoms with Gasteiger partial charge in [0.15, 0.2) is 6.04 Å². The van der Waals surface area contributed by atoms with Gasteiger partial charge in [0, 0.05) is 11.4 Å².